The van der Waals surface area contributed by atoms with Crippen molar-refractivity contribution < 1.29 is 9.30 Å². The zero-order valence-corrected chi connectivity index (χ0v) is 34.3. The lowest BCUT2D eigenvalue weighted by Crippen LogP contribution is -2.29. The van der Waals surface area contributed by atoms with Crippen molar-refractivity contribution in [2.45, 2.75) is 59.3 Å². The third-order valence-electron chi connectivity index (χ3n) is 11.2. The number of hydrogen-bond acceptors (Lipinski definition) is 2. The van der Waals surface area contributed by atoms with Crippen LogP contribution in [0.2, 0.25) is 0 Å². The van der Waals surface area contributed by atoms with Gasteiger partial charge in [-0.05, 0) is 117 Å². The Balaban J connectivity index is 1.13. The Kier molecular flexibility index (Phi) is 9.12. The van der Waals surface area contributed by atoms with E-state index < -0.39 is 0 Å². The quantitative estimate of drug-likeness (QED) is 0.120. The first-order valence-corrected chi connectivity index (χ1v) is 20.0. The second-order valence-electron chi connectivity index (χ2n) is 17.3. The molecule has 3 heterocycles. The maximum absolute atomic E-state index is 6.82. The summed E-state index contributed by atoms with van der Waals surface area (Å²) in [5, 5.41) is 2.34. The van der Waals surface area contributed by atoms with Crippen LogP contribution in [0.4, 0.5) is 0 Å². The van der Waals surface area contributed by atoms with Crippen molar-refractivity contribution in [2.24, 2.45) is 0 Å². The van der Waals surface area contributed by atoms with Crippen LogP contribution in [0.3, 0.4) is 0 Å². The van der Waals surface area contributed by atoms with Gasteiger partial charge in [-0.3, -0.25) is 13.7 Å². The van der Waals surface area contributed by atoms with Crippen molar-refractivity contribution in [3.8, 4) is 50.9 Å². The molecule has 0 aliphatic rings. The lowest BCUT2D eigenvalue weighted by molar-refractivity contribution is -0.599. The number of fused-ring (bicyclic) bond motifs is 3. The van der Waals surface area contributed by atoms with Crippen molar-refractivity contribution in [2.75, 3.05) is 0 Å². The number of rotatable bonds is 7. The largest absolute Gasteiger partial charge is 0.458 e. The molecule has 58 heavy (non-hydrogen) atoms. The van der Waals surface area contributed by atoms with Gasteiger partial charge in [-0.15, -0.1) is 0 Å². The zero-order chi connectivity index (χ0) is 40.2. The lowest BCUT2D eigenvalue weighted by Gasteiger charge is -2.22. The van der Waals surface area contributed by atoms with Gasteiger partial charge in [-0.25, -0.2) is 4.98 Å². The van der Waals surface area contributed by atoms with E-state index in [1.165, 1.54) is 38.8 Å². The third kappa shape index (κ3) is 6.98. The molecule has 0 aliphatic carbocycles. The molecule has 3 aromatic heterocycles. The highest BCUT2D eigenvalue weighted by molar-refractivity contribution is 6.09. The van der Waals surface area contributed by atoms with E-state index in [1.807, 2.05) is 6.20 Å². The van der Waals surface area contributed by atoms with Crippen LogP contribution < -0.4 is 9.30 Å². The van der Waals surface area contributed by atoms with E-state index in [4.69, 9.17) is 9.72 Å². The Labute approximate surface area is 341 Å². The summed E-state index contributed by atoms with van der Waals surface area (Å²) in [5.41, 5.74) is 12.4. The van der Waals surface area contributed by atoms with Gasteiger partial charge in [-0.2, -0.15) is 0 Å². The van der Waals surface area contributed by atoms with Crippen LogP contribution in [-0.4, -0.2) is 14.1 Å². The number of ether oxygens (including phenoxy) is 1. The summed E-state index contributed by atoms with van der Waals surface area (Å²) < 4.78 is 13.2. The molecule has 5 heteroatoms. The minimum atomic E-state index is -0.122. The smallest absolute Gasteiger partial charge is 0.268 e. The minimum absolute atomic E-state index is 0.00690. The lowest BCUT2D eigenvalue weighted by atomic mass is 9.86. The van der Waals surface area contributed by atoms with E-state index >= 15 is 0 Å². The molecule has 0 saturated heterocycles. The number of imidazole rings is 1. The van der Waals surface area contributed by atoms with Crippen LogP contribution in [0.5, 0.6) is 11.5 Å². The predicted octanol–water partition coefficient (Wildman–Crippen LogP) is 13.1. The van der Waals surface area contributed by atoms with Gasteiger partial charge < -0.3 is 4.74 Å². The summed E-state index contributed by atoms with van der Waals surface area (Å²) in [6, 6.07) is 51.5. The fourth-order valence-electron chi connectivity index (χ4n) is 7.88. The number of hydrogen-bond donors (Lipinski definition) is 0. The molecule has 0 bridgehead atoms. The second-order valence-corrected chi connectivity index (χ2v) is 17.3. The molecular weight excluding hydrogens is 709 g/mol. The predicted molar refractivity (Wildman–Crippen MR) is 238 cm³/mol. The summed E-state index contributed by atoms with van der Waals surface area (Å²) in [5.74, 6) is 2.41. The van der Waals surface area contributed by atoms with E-state index in [0.717, 1.165) is 50.7 Å². The number of nitrogens with zero attached hydrogens (tertiary/aromatic N) is 4. The Morgan fingerprint density at radius 3 is 2.02 bits per heavy atom. The topological polar surface area (TPSA) is 35.9 Å². The molecule has 0 aliphatic heterocycles. The molecule has 9 aromatic rings. The van der Waals surface area contributed by atoms with Crippen LogP contribution in [0, 0.1) is 13.3 Å². The first-order chi connectivity index (χ1) is 27.9. The molecule has 0 amide bonds. The molecule has 0 saturated carbocycles. The van der Waals surface area contributed by atoms with E-state index in [9.17, 15) is 0 Å². The highest BCUT2D eigenvalue weighted by Gasteiger charge is 2.21. The molecule has 5 nitrogen and oxygen atoms in total. The summed E-state index contributed by atoms with van der Waals surface area (Å²) in [6.07, 6.45) is 9.74. The van der Waals surface area contributed by atoms with E-state index in [2.05, 4.69) is 226 Å². The fourth-order valence-corrected chi connectivity index (χ4v) is 7.88. The summed E-state index contributed by atoms with van der Waals surface area (Å²) >= 11 is 0. The van der Waals surface area contributed by atoms with E-state index in [0.29, 0.717) is 0 Å². The highest BCUT2D eigenvalue weighted by Crippen LogP contribution is 2.38. The van der Waals surface area contributed by atoms with Crippen LogP contribution in [0.15, 0.2) is 164 Å². The Hall–Kier alpha value is -6.72. The van der Waals surface area contributed by atoms with Crippen molar-refractivity contribution in [3.63, 3.8) is 0 Å². The summed E-state index contributed by atoms with van der Waals surface area (Å²) in [4.78, 5) is 4.88. The van der Waals surface area contributed by atoms with Gasteiger partial charge in [0.1, 0.15) is 17.3 Å². The van der Waals surface area contributed by atoms with Crippen molar-refractivity contribution in [1.29, 1.82) is 0 Å². The first kappa shape index (κ1) is 36.9. The molecule has 0 radical (unpaired) electrons. The van der Waals surface area contributed by atoms with Crippen LogP contribution in [0.25, 0.3) is 61.3 Å². The van der Waals surface area contributed by atoms with Gasteiger partial charge >= 0.3 is 0 Å². The maximum atomic E-state index is 6.82. The van der Waals surface area contributed by atoms with Crippen molar-refractivity contribution >= 4 is 21.8 Å². The molecule has 0 fully saturated rings. The Morgan fingerprint density at radius 1 is 0.586 bits per heavy atom. The Morgan fingerprint density at radius 2 is 1.28 bits per heavy atom. The zero-order valence-electron chi connectivity index (χ0n) is 34.3. The van der Waals surface area contributed by atoms with Gasteiger partial charge in [0.15, 0.2) is 0 Å². The van der Waals surface area contributed by atoms with Gasteiger partial charge in [0.25, 0.3) is 6.33 Å². The maximum Gasteiger partial charge on any atom is 0.268 e. The average molecular weight is 757 g/mol. The Bertz CT molecular complexity index is 2940. The van der Waals surface area contributed by atoms with Gasteiger partial charge in [0, 0.05) is 35.4 Å². The number of pyridine rings is 1. The van der Waals surface area contributed by atoms with Crippen LogP contribution in [0.1, 0.15) is 58.2 Å². The van der Waals surface area contributed by atoms with Crippen molar-refractivity contribution in [3.05, 3.63) is 187 Å². The molecule has 0 unspecified atom stereocenters. The monoisotopic (exact) mass is 756 g/mol. The third-order valence-corrected chi connectivity index (χ3v) is 11.2. The van der Waals surface area contributed by atoms with Crippen molar-refractivity contribution in [1.82, 2.24) is 14.1 Å². The molecule has 0 atom stereocenters. The molecular formula is C53H48N4O. The van der Waals surface area contributed by atoms with E-state index in [1.54, 1.807) is 0 Å². The number of para-hydroxylation sites is 1. The SMILES string of the molecule is Cc1c(-c2ccccc2)cc(-c2ccccc2)cc1-[n+]1[c-]n(-c2cc(Oc3ccc4c5ccccc5n(-c5cc(C(C)(C)C)ccn5)c4c3)cc(C(C)(C)C)c2)cc1. The van der Waals surface area contributed by atoms with E-state index in [-0.39, 0.29) is 10.8 Å². The van der Waals surface area contributed by atoms with Gasteiger partial charge in [0.2, 0.25) is 0 Å². The summed E-state index contributed by atoms with van der Waals surface area (Å²) in [6.45, 7) is 15.6. The average Bonchev–Trinajstić information content (AvgIpc) is 3.84. The number of aromatic nitrogens is 4. The van der Waals surface area contributed by atoms with Gasteiger partial charge in [-0.1, -0.05) is 120 Å². The highest BCUT2D eigenvalue weighted by atomic mass is 16.5. The summed E-state index contributed by atoms with van der Waals surface area (Å²) in [7, 11) is 0. The fraction of sp³-hybridized carbons (Fsp3) is 0.170. The molecule has 6 aromatic carbocycles. The molecule has 286 valence electrons. The molecule has 0 N–H and O–H groups in total. The van der Waals surface area contributed by atoms with Gasteiger partial charge in [0.05, 0.1) is 22.4 Å². The second kappa shape index (κ2) is 14.3. The molecule has 9 rings (SSSR count). The normalized spacial score (nSPS) is 12.1. The first-order valence-electron chi connectivity index (χ1n) is 20.0. The number of benzene rings is 6. The minimum Gasteiger partial charge on any atom is -0.458 e. The van der Waals surface area contributed by atoms with Crippen LogP contribution in [-0.2, 0) is 10.8 Å². The van der Waals surface area contributed by atoms with Crippen LogP contribution >= 0.6 is 0 Å². The standard InChI is InChI=1S/C53H48N4O/c1-36-47(38-18-12-9-13-19-38)28-39(37-16-10-8-11-17-37)29-49(36)56-27-26-55(35-56)42-30-41(53(5,6)7)31-44(33-42)58-43-22-23-46-45-20-14-15-21-48(45)57(50(46)34-43)51-32-40(24-25-54-51)52(2,3)4/h8-34H,1-7H3. The molecule has 0 spiro atoms.